The minimum atomic E-state index is -3.38. The summed E-state index contributed by atoms with van der Waals surface area (Å²) >= 11 is 5.80. The molecule has 1 aliphatic heterocycles. The molecule has 1 atom stereocenters. The Morgan fingerprint density at radius 1 is 1.37 bits per heavy atom. The smallest absolute Gasteiger partial charge is 0.243 e. The highest BCUT2D eigenvalue weighted by Crippen LogP contribution is 2.24. The van der Waals surface area contributed by atoms with Crippen LogP contribution in [0.15, 0.2) is 29.2 Å². The van der Waals surface area contributed by atoms with Gasteiger partial charge in [-0.3, -0.25) is 0 Å². The highest BCUT2D eigenvalue weighted by atomic mass is 35.5. The number of halogens is 1. The Bertz CT molecular complexity index is 514. The summed E-state index contributed by atoms with van der Waals surface area (Å²) in [6, 6.07) is 6.37. The summed E-state index contributed by atoms with van der Waals surface area (Å²) in [5.74, 6) is 0.390. The first-order valence-electron chi connectivity index (χ1n) is 6.44. The average Bonchev–Trinajstić information content (AvgIpc) is 2.40. The van der Waals surface area contributed by atoms with E-state index in [4.69, 9.17) is 11.6 Å². The van der Waals surface area contributed by atoms with Gasteiger partial charge in [0.15, 0.2) is 0 Å². The highest BCUT2D eigenvalue weighted by Gasteiger charge is 2.29. The van der Waals surface area contributed by atoms with E-state index < -0.39 is 10.0 Å². The van der Waals surface area contributed by atoms with E-state index in [1.54, 1.807) is 28.6 Å². The van der Waals surface area contributed by atoms with Crippen LogP contribution in [0.2, 0.25) is 5.02 Å². The van der Waals surface area contributed by atoms with E-state index in [9.17, 15) is 8.42 Å². The molecule has 106 valence electrons. The standard InChI is InChI=1S/C13H19ClN2O2S/c1-15-9-11-3-2-8-16(10-11)19(17,18)13-6-4-12(14)5-7-13/h4-7,11,15H,2-3,8-10H2,1H3/t11-/m0/s1. The first kappa shape index (κ1) is 14.8. The summed E-state index contributed by atoms with van der Waals surface area (Å²) in [5.41, 5.74) is 0. The summed E-state index contributed by atoms with van der Waals surface area (Å²) < 4.78 is 26.6. The van der Waals surface area contributed by atoms with Crippen LogP contribution in [0.3, 0.4) is 0 Å². The normalized spacial score (nSPS) is 21.5. The molecule has 19 heavy (non-hydrogen) atoms. The zero-order chi connectivity index (χ0) is 13.9. The van der Waals surface area contributed by atoms with Crippen LogP contribution in [0.1, 0.15) is 12.8 Å². The van der Waals surface area contributed by atoms with Gasteiger partial charge in [0.05, 0.1) is 4.90 Å². The molecule has 6 heteroatoms. The van der Waals surface area contributed by atoms with Crippen molar-refractivity contribution in [1.29, 1.82) is 0 Å². The lowest BCUT2D eigenvalue weighted by molar-refractivity contribution is 0.263. The molecule has 0 saturated carbocycles. The molecule has 0 bridgehead atoms. The maximum Gasteiger partial charge on any atom is 0.243 e. The molecular weight excluding hydrogens is 284 g/mol. The number of piperidine rings is 1. The summed E-state index contributed by atoms with van der Waals surface area (Å²) in [6.07, 6.45) is 1.99. The number of benzene rings is 1. The molecule has 1 N–H and O–H groups in total. The van der Waals surface area contributed by atoms with Crippen molar-refractivity contribution >= 4 is 21.6 Å². The minimum absolute atomic E-state index is 0.321. The van der Waals surface area contributed by atoms with E-state index in [-0.39, 0.29) is 0 Å². The third-order valence-electron chi connectivity index (χ3n) is 3.43. The molecule has 0 amide bonds. The molecule has 2 rings (SSSR count). The van der Waals surface area contributed by atoms with Crippen LogP contribution in [0.4, 0.5) is 0 Å². The Hall–Kier alpha value is -0.620. The van der Waals surface area contributed by atoms with Crippen molar-refractivity contribution in [2.75, 3.05) is 26.7 Å². The molecule has 1 aromatic carbocycles. The number of hydrogen-bond donors (Lipinski definition) is 1. The quantitative estimate of drug-likeness (QED) is 0.925. The van der Waals surface area contributed by atoms with Gasteiger partial charge >= 0.3 is 0 Å². The lowest BCUT2D eigenvalue weighted by Crippen LogP contribution is -2.42. The van der Waals surface area contributed by atoms with Gasteiger partial charge in [-0.2, -0.15) is 4.31 Å². The highest BCUT2D eigenvalue weighted by molar-refractivity contribution is 7.89. The van der Waals surface area contributed by atoms with Gasteiger partial charge in [-0.1, -0.05) is 11.6 Å². The topological polar surface area (TPSA) is 49.4 Å². The van der Waals surface area contributed by atoms with E-state index >= 15 is 0 Å². The average molecular weight is 303 g/mol. The monoisotopic (exact) mass is 302 g/mol. The first-order chi connectivity index (χ1) is 9.04. The summed E-state index contributed by atoms with van der Waals surface area (Å²) in [5, 5.41) is 3.66. The lowest BCUT2D eigenvalue weighted by Gasteiger charge is -2.31. The molecule has 1 aliphatic rings. The van der Waals surface area contributed by atoms with Gasteiger partial charge in [-0.15, -0.1) is 0 Å². The third-order valence-corrected chi connectivity index (χ3v) is 5.56. The van der Waals surface area contributed by atoms with Crippen LogP contribution < -0.4 is 5.32 Å². The first-order valence-corrected chi connectivity index (χ1v) is 8.26. The Balaban J connectivity index is 2.17. The fourth-order valence-electron chi connectivity index (χ4n) is 2.46. The van der Waals surface area contributed by atoms with Crippen molar-refractivity contribution in [1.82, 2.24) is 9.62 Å². The fraction of sp³-hybridized carbons (Fsp3) is 0.538. The Morgan fingerprint density at radius 3 is 2.68 bits per heavy atom. The molecule has 0 spiro atoms. The largest absolute Gasteiger partial charge is 0.319 e. The Kier molecular flexibility index (Phi) is 4.84. The zero-order valence-electron chi connectivity index (χ0n) is 11.0. The van der Waals surface area contributed by atoms with Crippen molar-refractivity contribution in [3.05, 3.63) is 29.3 Å². The number of hydrogen-bond acceptors (Lipinski definition) is 3. The number of sulfonamides is 1. The number of rotatable bonds is 4. The molecule has 1 fully saturated rings. The van der Waals surface area contributed by atoms with Gasteiger partial charge in [0.2, 0.25) is 10.0 Å². The second kappa shape index (κ2) is 6.22. The molecule has 0 unspecified atom stereocenters. The second-order valence-electron chi connectivity index (χ2n) is 4.88. The van der Waals surface area contributed by atoms with Gasteiger partial charge in [0.1, 0.15) is 0 Å². The Labute approximate surface area is 119 Å². The van der Waals surface area contributed by atoms with Crippen molar-refractivity contribution < 1.29 is 8.42 Å². The molecule has 0 aromatic heterocycles. The van der Waals surface area contributed by atoms with Crippen molar-refractivity contribution in [2.24, 2.45) is 5.92 Å². The fourth-order valence-corrected chi connectivity index (χ4v) is 4.14. The van der Waals surface area contributed by atoms with Gasteiger partial charge < -0.3 is 5.32 Å². The van der Waals surface area contributed by atoms with E-state index in [2.05, 4.69) is 5.32 Å². The van der Waals surface area contributed by atoms with Gasteiger partial charge in [0, 0.05) is 18.1 Å². The Morgan fingerprint density at radius 2 is 2.05 bits per heavy atom. The molecule has 1 saturated heterocycles. The van der Waals surface area contributed by atoms with Crippen LogP contribution in [-0.4, -0.2) is 39.4 Å². The van der Waals surface area contributed by atoms with Crippen LogP contribution in [0, 0.1) is 5.92 Å². The number of nitrogens with zero attached hydrogens (tertiary/aromatic N) is 1. The van der Waals surface area contributed by atoms with Crippen LogP contribution >= 0.6 is 11.6 Å². The van der Waals surface area contributed by atoms with Gasteiger partial charge in [-0.25, -0.2) is 8.42 Å². The predicted molar refractivity (Wildman–Crippen MR) is 76.9 cm³/mol. The van der Waals surface area contributed by atoms with Crippen LogP contribution in [0.25, 0.3) is 0 Å². The van der Waals surface area contributed by atoms with E-state index in [0.29, 0.717) is 28.9 Å². The van der Waals surface area contributed by atoms with E-state index in [1.165, 1.54) is 0 Å². The maximum absolute atomic E-state index is 12.5. The van der Waals surface area contributed by atoms with Crippen LogP contribution in [-0.2, 0) is 10.0 Å². The summed E-state index contributed by atoms with van der Waals surface area (Å²) in [6.45, 7) is 2.05. The second-order valence-corrected chi connectivity index (χ2v) is 7.26. The van der Waals surface area contributed by atoms with E-state index in [0.717, 1.165) is 19.4 Å². The van der Waals surface area contributed by atoms with Crippen molar-refractivity contribution in [2.45, 2.75) is 17.7 Å². The third kappa shape index (κ3) is 3.48. The van der Waals surface area contributed by atoms with Crippen LogP contribution in [0.5, 0.6) is 0 Å². The van der Waals surface area contributed by atoms with Crippen molar-refractivity contribution in [3.8, 4) is 0 Å². The molecule has 4 nitrogen and oxygen atoms in total. The summed E-state index contributed by atoms with van der Waals surface area (Å²) in [4.78, 5) is 0.321. The predicted octanol–water partition coefficient (Wildman–Crippen LogP) is 1.96. The minimum Gasteiger partial charge on any atom is -0.319 e. The zero-order valence-corrected chi connectivity index (χ0v) is 12.5. The molecule has 0 radical (unpaired) electrons. The van der Waals surface area contributed by atoms with Gasteiger partial charge in [-0.05, 0) is 56.6 Å². The molecule has 1 aromatic rings. The molecule has 0 aliphatic carbocycles. The van der Waals surface area contributed by atoms with Gasteiger partial charge in [0.25, 0.3) is 0 Å². The number of nitrogens with one attached hydrogen (secondary N) is 1. The lowest BCUT2D eigenvalue weighted by atomic mass is 10.00. The van der Waals surface area contributed by atoms with Crippen molar-refractivity contribution in [3.63, 3.8) is 0 Å². The molecule has 1 heterocycles. The molecular formula is C13H19ClN2O2S. The van der Waals surface area contributed by atoms with E-state index in [1.807, 2.05) is 7.05 Å². The summed E-state index contributed by atoms with van der Waals surface area (Å²) in [7, 11) is -1.49. The SMILES string of the molecule is CNC[C@@H]1CCCN(S(=O)(=O)c2ccc(Cl)cc2)C1. The maximum atomic E-state index is 12.5.